The van der Waals surface area contributed by atoms with Crippen molar-refractivity contribution < 1.29 is 19.0 Å². The molecule has 3 aromatic rings. The Hall–Kier alpha value is -3.91. The number of allylic oxidation sites excluding steroid dienone is 1. The number of anilines is 1. The molecule has 1 atom stereocenters. The van der Waals surface area contributed by atoms with E-state index >= 15 is 0 Å². The van der Waals surface area contributed by atoms with E-state index in [1.807, 2.05) is 73.7 Å². The van der Waals surface area contributed by atoms with E-state index in [1.165, 1.54) is 0 Å². The molecule has 186 valence electrons. The largest absolute Gasteiger partial charge is 0.497 e. The van der Waals surface area contributed by atoms with Crippen LogP contribution in [0.15, 0.2) is 89.1 Å². The number of nitrogens with zero attached hydrogens (tertiary/aromatic N) is 1. The van der Waals surface area contributed by atoms with Gasteiger partial charge in [-0.25, -0.2) is 4.99 Å². The molecule has 1 heterocycles. The molecule has 0 saturated carbocycles. The summed E-state index contributed by atoms with van der Waals surface area (Å²) in [6.07, 6.45) is 0. The minimum Gasteiger partial charge on any atom is -0.497 e. The van der Waals surface area contributed by atoms with Crippen molar-refractivity contribution in [3.8, 4) is 17.2 Å². The number of amides is 1. The maximum Gasteiger partial charge on any atom is 0.255 e. The van der Waals surface area contributed by atoms with Crippen molar-refractivity contribution >= 4 is 28.5 Å². The Labute approximate surface area is 215 Å². The summed E-state index contributed by atoms with van der Waals surface area (Å²) in [4.78, 5) is 18.4. The van der Waals surface area contributed by atoms with Crippen LogP contribution in [0.1, 0.15) is 24.1 Å². The number of ether oxygens (including phenoxy) is 3. The topological polar surface area (TPSA) is 81.2 Å². The van der Waals surface area contributed by atoms with E-state index in [0.29, 0.717) is 28.5 Å². The number of hydrogen-bond acceptors (Lipinski definition) is 7. The van der Waals surface area contributed by atoms with E-state index in [1.54, 1.807) is 39.2 Å². The Bertz CT molecular complexity index is 1270. The number of carbonyl (C=O) groups is 1. The van der Waals surface area contributed by atoms with Crippen LogP contribution in [0.4, 0.5) is 5.69 Å². The second kappa shape index (κ2) is 11.7. The van der Waals surface area contributed by atoms with Gasteiger partial charge in [-0.2, -0.15) is 0 Å². The maximum atomic E-state index is 13.5. The third-order valence-corrected chi connectivity index (χ3v) is 6.72. The number of para-hydroxylation sites is 1. The fraction of sp³-hybridized carbons (Fsp3) is 0.214. The molecule has 8 heteroatoms. The molecule has 3 aromatic carbocycles. The molecular formula is C28H29N3O4S. The van der Waals surface area contributed by atoms with E-state index in [0.717, 1.165) is 27.7 Å². The first kappa shape index (κ1) is 25.2. The standard InChI is InChI=1S/C28H29N3O4S/c1-18-25(27(32)30-20-8-6-5-7-9-20)26(23-15-14-22(34-3)16-24(23)35-4)31-28(29-18)36-17-19-10-12-21(33-2)13-11-19/h5-16,26H,17H2,1-4H3,(H,29,31)(H,30,32)/t26-/m1/s1. The molecule has 2 N–H and O–H groups in total. The van der Waals surface area contributed by atoms with Gasteiger partial charge in [0.2, 0.25) is 0 Å². The van der Waals surface area contributed by atoms with E-state index in [4.69, 9.17) is 19.2 Å². The molecule has 1 aliphatic rings. The number of methoxy groups -OCH3 is 3. The highest BCUT2D eigenvalue weighted by Gasteiger charge is 2.31. The fourth-order valence-electron chi connectivity index (χ4n) is 3.88. The van der Waals surface area contributed by atoms with Gasteiger partial charge in [0.25, 0.3) is 5.91 Å². The predicted molar refractivity (Wildman–Crippen MR) is 145 cm³/mol. The zero-order valence-electron chi connectivity index (χ0n) is 20.7. The van der Waals surface area contributed by atoms with Gasteiger partial charge < -0.3 is 24.8 Å². The second-order valence-electron chi connectivity index (χ2n) is 8.07. The molecule has 0 unspecified atom stereocenters. The van der Waals surface area contributed by atoms with Crippen LogP contribution in [0.3, 0.4) is 0 Å². The number of carbonyl (C=O) groups excluding carboxylic acids is 1. The number of amidine groups is 1. The van der Waals surface area contributed by atoms with Crippen LogP contribution in [-0.2, 0) is 10.5 Å². The molecule has 0 bridgehead atoms. The third kappa shape index (κ3) is 5.83. The summed E-state index contributed by atoms with van der Waals surface area (Å²) in [6, 6.07) is 22.3. The van der Waals surface area contributed by atoms with E-state index in [2.05, 4.69) is 10.6 Å². The van der Waals surface area contributed by atoms with Crippen LogP contribution in [0.25, 0.3) is 0 Å². The van der Waals surface area contributed by atoms with Gasteiger partial charge in [0.15, 0.2) is 5.17 Å². The normalized spacial score (nSPS) is 15.0. The molecule has 4 rings (SSSR count). The molecule has 0 saturated heterocycles. The minimum atomic E-state index is -0.561. The summed E-state index contributed by atoms with van der Waals surface area (Å²) in [5, 5.41) is 7.05. The van der Waals surface area contributed by atoms with Gasteiger partial charge in [0.05, 0.1) is 26.9 Å². The van der Waals surface area contributed by atoms with Crippen LogP contribution >= 0.6 is 11.8 Å². The molecule has 36 heavy (non-hydrogen) atoms. The van der Waals surface area contributed by atoms with Crippen LogP contribution in [-0.4, -0.2) is 32.4 Å². The van der Waals surface area contributed by atoms with Crippen molar-refractivity contribution in [3.05, 3.63) is 95.2 Å². The highest BCUT2D eigenvalue weighted by molar-refractivity contribution is 8.13. The van der Waals surface area contributed by atoms with Crippen LogP contribution in [0.2, 0.25) is 0 Å². The van der Waals surface area contributed by atoms with Gasteiger partial charge in [0, 0.05) is 28.8 Å². The van der Waals surface area contributed by atoms with Crippen molar-refractivity contribution in [3.63, 3.8) is 0 Å². The fourth-order valence-corrected chi connectivity index (χ4v) is 4.78. The monoisotopic (exact) mass is 503 g/mol. The molecule has 0 radical (unpaired) electrons. The second-order valence-corrected chi connectivity index (χ2v) is 9.03. The van der Waals surface area contributed by atoms with E-state index in [-0.39, 0.29) is 5.91 Å². The molecular weight excluding hydrogens is 474 g/mol. The number of rotatable bonds is 8. The molecule has 1 aliphatic heterocycles. The number of aliphatic imine (C=N–C) groups is 1. The van der Waals surface area contributed by atoms with Crippen molar-refractivity contribution in [1.82, 2.24) is 5.32 Å². The lowest BCUT2D eigenvalue weighted by Crippen LogP contribution is -2.32. The van der Waals surface area contributed by atoms with Gasteiger partial charge in [-0.3, -0.25) is 4.79 Å². The molecule has 0 aliphatic carbocycles. The summed E-state index contributed by atoms with van der Waals surface area (Å²) >= 11 is 1.57. The van der Waals surface area contributed by atoms with E-state index in [9.17, 15) is 4.79 Å². The Kier molecular flexibility index (Phi) is 8.17. The summed E-state index contributed by atoms with van der Waals surface area (Å²) in [6.45, 7) is 1.89. The predicted octanol–water partition coefficient (Wildman–Crippen LogP) is 5.56. The summed E-state index contributed by atoms with van der Waals surface area (Å²) in [7, 11) is 4.86. The van der Waals surface area contributed by atoms with Crippen molar-refractivity contribution in [2.75, 3.05) is 26.6 Å². The highest BCUT2D eigenvalue weighted by atomic mass is 32.2. The number of hydrogen-bond donors (Lipinski definition) is 2. The smallest absolute Gasteiger partial charge is 0.255 e. The molecule has 0 spiro atoms. The number of benzene rings is 3. The zero-order valence-corrected chi connectivity index (χ0v) is 21.5. The maximum absolute atomic E-state index is 13.5. The van der Waals surface area contributed by atoms with Gasteiger partial charge >= 0.3 is 0 Å². The molecule has 1 amide bonds. The molecule has 7 nitrogen and oxygen atoms in total. The zero-order chi connectivity index (χ0) is 25.5. The molecule has 0 aromatic heterocycles. The number of nitrogens with one attached hydrogen (secondary N) is 2. The van der Waals surface area contributed by atoms with Crippen molar-refractivity contribution in [2.24, 2.45) is 4.99 Å². The van der Waals surface area contributed by atoms with Gasteiger partial charge in [-0.05, 0) is 48.9 Å². The Morgan fingerprint density at radius 2 is 1.64 bits per heavy atom. The lowest BCUT2D eigenvalue weighted by Gasteiger charge is -2.27. The lowest BCUT2D eigenvalue weighted by atomic mass is 9.95. The van der Waals surface area contributed by atoms with Crippen LogP contribution < -0.4 is 24.8 Å². The van der Waals surface area contributed by atoms with Gasteiger partial charge in [-0.15, -0.1) is 0 Å². The minimum absolute atomic E-state index is 0.225. The first-order valence-electron chi connectivity index (χ1n) is 11.4. The Morgan fingerprint density at radius 3 is 2.31 bits per heavy atom. The van der Waals surface area contributed by atoms with Crippen molar-refractivity contribution in [2.45, 2.75) is 18.7 Å². The SMILES string of the molecule is COc1ccc(CSC2=N[C@H](c3ccc(OC)cc3OC)C(C(=O)Nc3ccccc3)=C(C)N2)cc1. The Balaban J connectivity index is 1.66. The summed E-state index contributed by atoms with van der Waals surface area (Å²) in [5.41, 5.74) is 3.89. The summed E-state index contributed by atoms with van der Waals surface area (Å²) < 4.78 is 16.3. The van der Waals surface area contributed by atoms with Gasteiger partial charge in [0.1, 0.15) is 23.3 Å². The molecule has 0 fully saturated rings. The average Bonchev–Trinajstić information content (AvgIpc) is 2.91. The average molecular weight is 504 g/mol. The summed E-state index contributed by atoms with van der Waals surface area (Å²) in [5.74, 6) is 2.57. The third-order valence-electron chi connectivity index (χ3n) is 5.76. The van der Waals surface area contributed by atoms with Crippen molar-refractivity contribution in [1.29, 1.82) is 0 Å². The van der Waals surface area contributed by atoms with Crippen LogP contribution in [0.5, 0.6) is 17.2 Å². The lowest BCUT2D eigenvalue weighted by molar-refractivity contribution is -0.113. The van der Waals surface area contributed by atoms with Crippen LogP contribution in [0, 0.1) is 0 Å². The first-order chi connectivity index (χ1) is 17.5. The van der Waals surface area contributed by atoms with Gasteiger partial charge in [-0.1, -0.05) is 42.1 Å². The Morgan fingerprint density at radius 1 is 0.944 bits per heavy atom. The quantitative estimate of drug-likeness (QED) is 0.419. The van der Waals surface area contributed by atoms with E-state index < -0.39 is 6.04 Å². The highest BCUT2D eigenvalue weighted by Crippen LogP contribution is 2.39. The number of thioether (sulfide) groups is 1. The first-order valence-corrected chi connectivity index (χ1v) is 12.4.